The van der Waals surface area contributed by atoms with Gasteiger partial charge in [0.25, 0.3) is 0 Å². The standard InChI is InChI=1S/C14H17FN2O3/c1-10-5-7-20-8-6-17(10)14(19)13(18)16-12-4-2-3-11(15)9-12/h2-4,9-10H,5-8H2,1H3,(H,16,18). The summed E-state index contributed by atoms with van der Waals surface area (Å²) in [7, 11) is 0. The fraction of sp³-hybridized carbons (Fsp3) is 0.429. The molecule has 1 aromatic rings. The topological polar surface area (TPSA) is 58.6 Å². The number of ether oxygens (including phenoxy) is 1. The van der Waals surface area contributed by atoms with Gasteiger partial charge in [-0.1, -0.05) is 6.07 Å². The van der Waals surface area contributed by atoms with Crippen molar-refractivity contribution in [3.63, 3.8) is 0 Å². The molecule has 0 aliphatic carbocycles. The van der Waals surface area contributed by atoms with Gasteiger partial charge in [-0.3, -0.25) is 9.59 Å². The van der Waals surface area contributed by atoms with Crippen LogP contribution >= 0.6 is 0 Å². The first-order valence-electron chi connectivity index (χ1n) is 6.53. The average Bonchev–Trinajstić information content (AvgIpc) is 2.62. The maximum Gasteiger partial charge on any atom is 0.313 e. The second kappa shape index (κ2) is 6.47. The summed E-state index contributed by atoms with van der Waals surface area (Å²) >= 11 is 0. The number of halogens is 1. The summed E-state index contributed by atoms with van der Waals surface area (Å²) in [6, 6.07) is 5.38. The highest BCUT2D eigenvalue weighted by atomic mass is 19.1. The Balaban J connectivity index is 2.02. The minimum Gasteiger partial charge on any atom is -0.380 e. The van der Waals surface area contributed by atoms with Crippen LogP contribution in [0, 0.1) is 5.82 Å². The minimum atomic E-state index is -0.760. The van der Waals surface area contributed by atoms with Gasteiger partial charge in [0.2, 0.25) is 0 Å². The number of benzene rings is 1. The van der Waals surface area contributed by atoms with Crippen molar-refractivity contribution < 1.29 is 18.7 Å². The molecule has 1 heterocycles. The predicted octanol–water partition coefficient (Wildman–Crippen LogP) is 1.40. The van der Waals surface area contributed by atoms with Gasteiger partial charge in [0.05, 0.1) is 6.61 Å². The number of nitrogens with zero attached hydrogens (tertiary/aromatic N) is 1. The molecule has 108 valence electrons. The Labute approximate surface area is 116 Å². The van der Waals surface area contributed by atoms with Crippen LogP contribution in [0.3, 0.4) is 0 Å². The van der Waals surface area contributed by atoms with Crippen LogP contribution in [0.4, 0.5) is 10.1 Å². The highest BCUT2D eigenvalue weighted by molar-refractivity contribution is 6.39. The van der Waals surface area contributed by atoms with E-state index in [0.29, 0.717) is 26.2 Å². The second-order valence-corrected chi connectivity index (χ2v) is 4.71. The quantitative estimate of drug-likeness (QED) is 0.791. The van der Waals surface area contributed by atoms with Crippen LogP contribution < -0.4 is 5.32 Å². The van der Waals surface area contributed by atoms with Crippen LogP contribution in [0.2, 0.25) is 0 Å². The van der Waals surface area contributed by atoms with E-state index in [4.69, 9.17) is 4.74 Å². The first-order valence-corrected chi connectivity index (χ1v) is 6.53. The van der Waals surface area contributed by atoms with E-state index in [9.17, 15) is 14.0 Å². The van der Waals surface area contributed by atoms with Crippen molar-refractivity contribution >= 4 is 17.5 Å². The molecule has 1 aliphatic rings. The lowest BCUT2D eigenvalue weighted by Gasteiger charge is -2.25. The lowest BCUT2D eigenvalue weighted by atomic mass is 10.2. The Morgan fingerprint density at radius 1 is 1.40 bits per heavy atom. The predicted molar refractivity (Wildman–Crippen MR) is 71.6 cm³/mol. The molecule has 0 spiro atoms. The molecule has 1 fully saturated rings. The zero-order valence-electron chi connectivity index (χ0n) is 11.3. The SMILES string of the molecule is CC1CCOCCN1C(=O)C(=O)Nc1cccc(F)c1. The Hall–Kier alpha value is -1.95. The summed E-state index contributed by atoms with van der Waals surface area (Å²) in [5, 5.41) is 2.41. The molecule has 0 saturated carbocycles. The molecule has 1 saturated heterocycles. The third-order valence-electron chi connectivity index (χ3n) is 3.23. The molecule has 1 aliphatic heterocycles. The Bertz CT molecular complexity index is 507. The molecule has 2 rings (SSSR count). The second-order valence-electron chi connectivity index (χ2n) is 4.71. The highest BCUT2D eigenvalue weighted by Crippen LogP contribution is 2.12. The van der Waals surface area contributed by atoms with E-state index in [1.54, 1.807) is 0 Å². The fourth-order valence-corrected chi connectivity index (χ4v) is 2.08. The third kappa shape index (κ3) is 3.54. The van der Waals surface area contributed by atoms with Crippen molar-refractivity contribution in [3.05, 3.63) is 30.1 Å². The minimum absolute atomic E-state index is 0.0525. The molecule has 1 unspecified atom stereocenters. The smallest absolute Gasteiger partial charge is 0.313 e. The zero-order valence-corrected chi connectivity index (χ0v) is 11.3. The molecule has 1 atom stereocenters. The van der Waals surface area contributed by atoms with Crippen LogP contribution in [0.1, 0.15) is 13.3 Å². The van der Waals surface area contributed by atoms with E-state index < -0.39 is 17.6 Å². The van der Waals surface area contributed by atoms with E-state index in [0.717, 1.165) is 0 Å². The molecule has 0 bridgehead atoms. The first kappa shape index (κ1) is 14.5. The van der Waals surface area contributed by atoms with E-state index in [1.165, 1.54) is 29.2 Å². The molecule has 5 nitrogen and oxygen atoms in total. The highest BCUT2D eigenvalue weighted by Gasteiger charge is 2.27. The van der Waals surface area contributed by atoms with Gasteiger partial charge in [0.15, 0.2) is 0 Å². The van der Waals surface area contributed by atoms with E-state index in [1.807, 2.05) is 6.92 Å². The van der Waals surface area contributed by atoms with Crippen molar-refractivity contribution in [2.75, 3.05) is 25.1 Å². The number of hydrogen-bond donors (Lipinski definition) is 1. The van der Waals surface area contributed by atoms with Crippen LogP contribution in [0.15, 0.2) is 24.3 Å². The number of rotatable bonds is 1. The van der Waals surface area contributed by atoms with Crippen molar-refractivity contribution in [3.8, 4) is 0 Å². The summed E-state index contributed by atoms with van der Waals surface area (Å²) in [6.07, 6.45) is 0.693. The van der Waals surface area contributed by atoms with Gasteiger partial charge in [0, 0.05) is 24.9 Å². The molecule has 0 aromatic heterocycles. The van der Waals surface area contributed by atoms with Gasteiger partial charge in [-0.15, -0.1) is 0 Å². The number of nitrogens with one attached hydrogen (secondary N) is 1. The largest absolute Gasteiger partial charge is 0.380 e. The van der Waals surface area contributed by atoms with Gasteiger partial charge in [-0.25, -0.2) is 4.39 Å². The molecular formula is C14H17FN2O3. The van der Waals surface area contributed by atoms with Crippen LogP contribution in [0.25, 0.3) is 0 Å². The molecule has 2 amide bonds. The maximum absolute atomic E-state index is 13.0. The number of carbonyl (C=O) groups excluding carboxylic acids is 2. The Morgan fingerprint density at radius 3 is 2.95 bits per heavy atom. The maximum atomic E-state index is 13.0. The summed E-state index contributed by atoms with van der Waals surface area (Å²) < 4.78 is 18.3. The van der Waals surface area contributed by atoms with E-state index in [-0.39, 0.29) is 11.7 Å². The number of carbonyl (C=O) groups is 2. The molecule has 0 radical (unpaired) electrons. The lowest BCUT2D eigenvalue weighted by Crippen LogP contribution is -2.45. The molecule has 6 heteroatoms. The van der Waals surface area contributed by atoms with Crippen molar-refractivity contribution in [1.82, 2.24) is 4.90 Å². The summed E-state index contributed by atoms with van der Waals surface area (Å²) in [4.78, 5) is 25.5. The summed E-state index contributed by atoms with van der Waals surface area (Å²) in [6.45, 7) is 3.26. The van der Waals surface area contributed by atoms with Crippen molar-refractivity contribution in [1.29, 1.82) is 0 Å². The first-order chi connectivity index (χ1) is 9.58. The van der Waals surface area contributed by atoms with E-state index in [2.05, 4.69) is 5.32 Å². The molecule has 1 aromatic carbocycles. The van der Waals surface area contributed by atoms with Crippen molar-refractivity contribution in [2.45, 2.75) is 19.4 Å². The molecule has 1 N–H and O–H groups in total. The fourth-order valence-electron chi connectivity index (χ4n) is 2.08. The Morgan fingerprint density at radius 2 is 2.20 bits per heavy atom. The van der Waals surface area contributed by atoms with Crippen LogP contribution in [-0.4, -0.2) is 42.5 Å². The third-order valence-corrected chi connectivity index (χ3v) is 3.23. The van der Waals surface area contributed by atoms with Crippen LogP contribution in [0.5, 0.6) is 0 Å². The van der Waals surface area contributed by atoms with Gasteiger partial charge < -0.3 is 15.0 Å². The number of amides is 2. The Kier molecular flexibility index (Phi) is 4.68. The van der Waals surface area contributed by atoms with Crippen LogP contribution in [-0.2, 0) is 14.3 Å². The molecule has 20 heavy (non-hydrogen) atoms. The molecular weight excluding hydrogens is 263 g/mol. The normalized spacial score (nSPS) is 19.3. The average molecular weight is 280 g/mol. The summed E-state index contributed by atoms with van der Waals surface area (Å²) in [5.41, 5.74) is 0.266. The number of anilines is 1. The number of hydrogen-bond acceptors (Lipinski definition) is 3. The lowest BCUT2D eigenvalue weighted by molar-refractivity contribution is -0.144. The monoisotopic (exact) mass is 280 g/mol. The van der Waals surface area contributed by atoms with Gasteiger partial charge >= 0.3 is 11.8 Å². The zero-order chi connectivity index (χ0) is 14.5. The van der Waals surface area contributed by atoms with Gasteiger partial charge in [0.1, 0.15) is 5.82 Å². The summed E-state index contributed by atoms with van der Waals surface area (Å²) in [5.74, 6) is -1.84. The van der Waals surface area contributed by atoms with E-state index >= 15 is 0 Å². The van der Waals surface area contributed by atoms with Gasteiger partial charge in [-0.05, 0) is 31.5 Å². The van der Waals surface area contributed by atoms with Crippen molar-refractivity contribution in [2.24, 2.45) is 0 Å². The van der Waals surface area contributed by atoms with Gasteiger partial charge in [-0.2, -0.15) is 0 Å².